The second-order valence-electron chi connectivity index (χ2n) is 29.8. The lowest BCUT2D eigenvalue weighted by atomic mass is 9.91. The minimum Gasteiger partial charge on any atom is -0.481 e. The van der Waals surface area contributed by atoms with Gasteiger partial charge in [0.15, 0.2) is 0 Å². The summed E-state index contributed by atoms with van der Waals surface area (Å²) in [6.07, 6.45) is 1.10. The molecule has 0 aromatic rings. The Bertz CT molecular complexity index is 2780. The fraction of sp³-hybridized carbons (Fsp3) is 0.812. The molecule has 3 aliphatic rings. The first-order chi connectivity index (χ1) is 45.0. The fourth-order valence-electron chi connectivity index (χ4n) is 13.0. The van der Waals surface area contributed by atoms with E-state index in [0.717, 1.165) is 22.0 Å². The summed E-state index contributed by atoms with van der Waals surface area (Å²) in [7, 11) is 9.87. The Morgan fingerprint density at radius 2 is 1.00 bits per heavy atom. The SMILES string of the molecule is CC[C@@H]1NC(=O)[C@H]([C@H](O)[C@H](C)CC2=N[C@@H]3[C@@H](CS[C@@H]3CCCCC(=O)O)N2)N(C)C(=O)[C@H](C(C)C)N(C)C(=O)C(CC(C)C)N(C)C(=O)[C@H](CC(C)C)N(C)C(=O)[C@@H](C)NC(=O)[C@H](C)NC(=O)[C@H](CC(C)C)N(C)C(=O)[C@H](C(C)C)NC(=O)[C@H](CC(C)C)N(C)C(=O)CN(C)C1=O. The largest absolute Gasteiger partial charge is 0.481 e. The number of likely N-dealkylation sites (N-methyl/N-ethyl adjacent to an activating group) is 7. The maximum absolute atomic E-state index is 15.5. The standard InChI is InChI=1S/C69H121N13O14S/c1-24-45-65(92)76(17)34-53(83)77(18)47(29-36(2)3)62(89)75-55(40(10)11)68(95)78(19)48(30-37(4)5)61(88)70-43(15)60(87)71-44(16)64(91)79(20)49(31-38(6)7)66(93)80(21)50(32-39(8)9)67(94)81(22)57(41(12)13)69(96)82(23)58(63(90)73-45)59(86)42(14)33-52-72-46-35-97-51(56(46)74-52)27-25-26-28-54(84)85/h36-51,55-59,86H,24-35H2,1-23H3,(H,70,88)(H,71,87)(H,72,74)(H,73,90)(H,75,89)(H,84,85)/t42-,43+,44-,45+,46-,47+,48+,49+,50?,51-,55+,56-,57+,58+,59-/m1/s1. The summed E-state index contributed by atoms with van der Waals surface area (Å²) in [5.74, 6) is -9.82. The van der Waals surface area contributed by atoms with Crippen molar-refractivity contribution >= 4 is 88.5 Å². The molecule has 0 radical (unpaired) electrons. The number of aliphatic hydroxyl groups is 1. The highest BCUT2D eigenvalue weighted by Gasteiger charge is 2.47. The van der Waals surface area contributed by atoms with Crippen molar-refractivity contribution in [3.05, 3.63) is 0 Å². The second kappa shape index (κ2) is 38.1. The van der Waals surface area contributed by atoms with Gasteiger partial charge in [-0.15, -0.1) is 0 Å². The Morgan fingerprint density at radius 3 is 1.51 bits per heavy atom. The molecule has 3 heterocycles. The van der Waals surface area contributed by atoms with E-state index < -0.39 is 162 Å². The number of amidine groups is 1. The lowest BCUT2D eigenvalue weighted by Gasteiger charge is -2.41. The summed E-state index contributed by atoms with van der Waals surface area (Å²) in [5, 5.41) is 36.5. The zero-order valence-corrected chi connectivity index (χ0v) is 63.2. The van der Waals surface area contributed by atoms with Crippen LogP contribution in [0.4, 0.5) is 0 Å². The Hall–Kier alpha value is -6.58. The monoisotopic (exact) mass is 1390 g/mol. The van der Waals surface area contributed by atoms with Crippen LogP contribution in [0.25, 0.3) is 0 Å². The number of unbranched alkanes of at least 4 members (excludes halogenated alkanes) is 1. The molecule has 97 heavy (non-hydrogen) atoms. The summed E-state index contributed by atoms with van der Waals surface area (Å²) in [5.41, 5.74) is 0. The maximum atomic E-state index is 15.5. The zero-order valence-electron chi connectivity index (χ0n) is 62.4. The van der Waals surface area contributed by atoms with Crippen molar-refractivity contribution in [2.24, 2.45) is 46.4 Å². The van der Waals surface area contributed by atoms with Gasteiger partial charge in [-0.1, -0.05) is 103 Å². The Balaban J connectivity index is 2.29. The third kappa shape index (κ3) is 23.3. The van der Waals surface area contributed by atoms with Crippen molar-refractivity contribution in [1.29, 1.82) is 0 Å². The van der Waals surface area contributed by atoms with E-state index in [-0.39, 0.29) is 86.0 Å². The zero-order chi connectivity index (χ0) is 74.1. The van der Waals surface area contributed by atoms with E-state index in [1.807, 2.05) is 55.4 Å². The number of rotatable bonds is 20. The Morgan fingerprint density at radius 1 is 0.526 bits per heavy atom. The first-order valence-corrected chi connectivity index (χ1v) is 36.0. The molecule has 0 aliphatic carbocycles. The van der Waals surface area contributed by atoms with Crippen molar-refractivity contribution in [3.63, 3.8) is 0 Å². The van der Waals surface area contributed by atoms with Crippen LogP contribution in [-0.2, 0) is 57.5 Å². The summed E-state index contributed by atoms with van der Waals surface area (Å²) in [4.78, 5) is 187. The van der Waals surface area contributed by atoms with E-state index in [1.54, 1.807) is 53.3 Å². The number of aliphatic hydroxyl groups excluding tert-OH is 1. The van der Waals surface area contributed by atoms with Crippen LogP contribution in [-0.4, -0.2) is 267 Å². The normalized spacial score (nSPS) is 28.5. The molecule has 3 aliphatic heterocycles. The number of carboxylic acid groups (broad SMARTS) is 1. The third-order valence-electron chi connectivity index (χ3n) is 18.9. The Labute approximate surface area is 581 Å². The van der Waals surface area contributed by atoms with E-state index in [2.05, 4.69) is 26.6 Å². The lowest BCUT2D eigenvalue weighted by Crippen LogP contribution is -2.63. The molecule has 2 fully saturated rings. The number of nitrogens with one attached hydrogen (secondary N) is 5. The number of hydrogen-bond acceptors (Lipinski definition) is 16. The van der Waals surface area contributed by atoms with Gasteiger partial charge >= 0.3 is 5.97 Å². The van der Waals surface area contributed by atoms with Gasteiger partial charge in [-0.05, 0) is 100 Å². The summed E-state index contributed by atoms with van der Waals surface area (Å²) < 4.78 is 0. The number of amides is 11. The van der Waals surface area contributed by atoms with Gasteiger partial charge in [-0.2, -0.15) is 11.8 Å². The van der Waals surface area contributed by atoms with Crippen molar-refractivity contribution in [2.75, 3.05) is 61.6 Å². The summed E-state index contributed by atoms with van der Waals surface area (Å²) >= 11 is 1.76. The van der Waals surface area contributed by atoms with Gasteiger partial charge in [0.1, 0.15) is 60.4 Å². The number of carbonyl (C=O) groups is 12. The van der Waals surface area contributed by atoms with E-state index in [0.29, 0.717) is 18.7 Å². The third-order valence-corrected chi connectivity index (χ3v) is 20.4. The first kappa shape index (κ1) is 84.6. The average molecular weight is 1390 g/mol. The number of fused-ring (bicyclic) bond motifs is 1. The van der Waals surface area contributed by atoms with Gasteiger partial charge < -0.3 is 71.1 Å². The number of nitrogens with zero attached hydrogens (tertiary/aromatic N) is 8. The van der Waals surface area contributed by atoms with Gasteiger partial charge in [-0.3, -0.25) is 62.5 Å². The minimum atomic E-state index is -1.71. The quantitative estimate of drug-likeness (QED) is 0.0861. The lowest BCUT2D eigenvalue weighted by molar-refractivity contribution is -0.157. The average Bonchev–Trinajstić information content (AvgIpc) is 1.63. The van der Waals surface area contributed by atoms with Gasteiger partial charge in [-0.25, -0.2) is 0 Å². The molecular formula is C69H121N13O14S. The van der Waals surface area contributed by atoms with Crippen LogP contribution in [0.15, 0.2) is 4.99 Å². The topological polar surface area (TPSA) is 340 Å². The van der Waals surface area contributed by atoms with Crippen molar-refractivity contribution in [2.45, 2.75) is 259 Å². The number of thioether (sulfide) groups is 1. The molecule has 0 bridgehead atoms. The number of aliphatic imine (C=N–C) groups is 1. The van der Waals surface area contributed by atoms with Gasteiger partial charge in [0.25, 0.3) is 0 Å². The van der Waals surface area contributed by atoms with Crippen LogP contribution >= 0.6 is 11.8 Å². The molecule has 2 saturated heterocycles. The molecule has 15 atom stereocenters. The first-order valence-electron chi connectivity index (χ1n) is 34.9. The molecule has 0 aromatic carbocycles. The van der Waals surface area contributed by atoms with E-state index in [9.17, 15) is 48.6 Å². The number of hydrogen-bond donors (Lipinski definition) is 7. The van der Waals surface area contributed by atoms with Crippen LogP contribution in [0.3, 0.4) is 0 Å². The highest BCUT2D eigenvalue weighted by molar-refractivity contribution is 8.00. The van der Waals surface area contributed by atoms with E-state index >= 15 is 19.2 Å². The van der Waals surface area contributed by atoms with Crippen LogP contribution in [0.2, 0.25) is 0 Å². The molecule has 1 unspecified atom stereocenters. The number of aliphatic carboxylic acids is 1. The van der Waals surface area contributed by atoms with Crippen LogP contribution in [0, 0.1) is 41.4 Å². The van der Waals surface area contributed by atoms with Crippen LogP contribution < -0.4 is 26.6 Å². The molecule has 552 valence electrons. The van der Waals surface area contributed by atoms with Crippen molar-refractivity contribution < 1.29 is 67.7 Å². The molecule has 28 heteroatoms. The predicted molar refractivity (Wildman–Crippen MR) is 374 cm³/mol. The van der Waals surface area contributed by atoms with Gasteiger partial charge in [0, 0.05) is 73.2 Å². The Kier molecular flexibility index (Phi) is 33.3. The number of carboxylic acids is 1. The summed E-state index contributed by atoms with van der Waals surface area (Å²) in [6, 6.07) is -12.9. The van der Waals surface area contributed by atoms with Crippen LogP contribution in [0.1, 0.15) is 175 Å². The molecule has 0 saturated carbocycles. The van der Waals surface area contributed by atoms with Gasteiger partial charge in [0.05, 0.1) is 30.6 Å². The molecular weight excluding hydrogens is 1270 g/mol. The molecule has 27 nitrogen and oxygen atoms in total. The molecule has 11 amide bonds. The molecule has 0 spiro atoms. The second-order valence-corrected chi connectivity index (χ2v) is 31.1. The van der Waals surface area contributed by atoms with E-state index in [1.165, 1.54) is 87.7 Å². The van der Waals surface area contributed by atoms with Crippen molar-refractivity contribution in [1.82, 2.24) is 60.9 Å². The molecule has 0 aromatic heterocycles. The highest BCUT2D eigenvalue weighted by atomic mass is 32.2. The maximum Gasteiger partial charge on any atom is 0.303 e. The van der Waals surface area contributed by atoms with Gasteiger partial charge in [0.2, 0.25) is 65.0 Å². The van der Waals surface area contributed by atoms with Crippen LogP contribution in [0.5, 0.6) is 0 Å². The smallest absolute Gasteiger partial charge is 0.303 e. The summed E-state index contributed by atoms with van der Waals surface area (Å²) in [6.45, 7) is 27.4. The fourth-order valence-corrected chi connectivity index (χ4v) is 14.5. The predicted octanol–water partition coefficient (Wildman–Crippen LogP) is 3.19. The van der Waals surface area contributed by atoms with E-state index in [4.69, 9.17) is 4.99 Å². The number of carbonyl (C=O) groups excluding carboxylic acids is 11. The highest BCUT2D eigenvalue weighted by Crippen LogP contribution is 2.37. The minimum absolute atomic E-state index is 0.0152. The van der Waals surface area contributed by atoms with Crippen molar-refractivity contribution in [3.8, 4) is 0 Å². The molecule has 3 rings (SSSR count). The molecule has 7 N–H and O–H groups in total.